The highest BCUT2D eigenvalue weighted by atomic mass is 19.3. The number of nitrogens with one attached hydrogen (secondary N) is 2. The van der Waals surface area contributed by atoms with Crippen molar-refractivity contribution in [1.29, 1.82) is 0 Å². The molecule has 2 aromatic heterocycles. The van der Waals surface area contributed by atoms with Crippen molar-refractivity contribution in [2.75, 3.05) is 19.6 Å². The molecule has 34 heavy (non-hydrogen) atoms. The van der Waals surface area contributed by atoms with Gasteiger partial charge in [0.05, 0.1) is 12.1 Å². The first-order valence-electron chi connectivity index (χ1n) is 11.2. The maximum Gasteiger partial charge on any atom is 0.262 e. The molecule has 1 aromatic carbocycles. The molecular formula is C25H24F3N5O. The van der Waals surface area contributed by atoms with Crippen molar-refractivity contribution < 1.29 is 18.0 Å². The number of halogens is 3. The van der Waals surface area contributed by atoms with E-state index >= 15 is 0 Å². The minimum atomic E-state index is -2.97. The molecule has 6 nitrogen and oxygen atoms in total. The van der Waals surface area contributed by atoms with Gasteiger partial charge in [-0.3, -0.25) is 19.8 Å². The van der Waals surface area contributed by atoms with Crippen molar-refractivity contribution in [3.8, 4) is 11.3 Å². The highest BCUT2D eigenvalue weighted by Gasteiger charge is 2.41. The Morgan fingerprint density at radius 3 is 2.85 bits per heavy atom. The van der Waals surface area contributed by atoms with Crippen molar-refractivity contribution >= 4 is 16.8 Å². The quantitative estimate of drug-likeness (QED) is 0.580. The monoisotopic (exact) mass is 467 g/mol. The van der Waals surface area contributed by atoms with Gasteiger partial charge in [-0.2, -0.15) is 5.10 Å². The summed E-state index contributed by atoms with van der Waals surface area (Å²) < 4.78 is 43.1. The van der Waals surface area contributed by atoms with Crippen LogP contribution in [0.4, 0.5) is 13.2 Å². The average molecular weight is 467 g/mol. The highest BCUT2D eigenvalue weighted by Crippen LogP contribution is 2.31. The lowest BCUT2D eigenvalue weighted by Gasteiger charge is -2.39. The van der Waals surface area contributed by atoms with Crippen molar-refractivity contribution in [2.24, 2.45) is 5.92 Å². The number of benzene rings is 1. The van der Waals surface area contributed by atoms with Crippen LogP contribution in [0.5, 0.6) is 0 Å². The Morgan fingerprint density at radius 2 is 2.06 bits per heavy atom. The zero-order valence-corrected chi connectivity index (χ0v) is 18.3. The summed E-state index contributed by atoms with van der Waals surface area (Å²) in [4.78, 5) is 18.6. The number of fused-ring (bicyclic) bond motifs is 1. The fraction of sp³-hybridized carbons (Fsp3) is 0.320. The van der Waals surface area contributed by atoms with Crippen LogP contribution in [0.15, 0.2) is 66.8 Å². The first kappa shape index (κ1) is 22.3. The SMILES string of the molecule is O=C(NC1CN(CC2CC=CC=C2F)CC(F)(F)C1)c1ccc2[nH]nc(-c3ccncc3)c2c1. The number of piperidine rings is 1. The number of rotatable bonds is 5. The maximum absolute atomic E-state index is 14.5. The number of hydrogen-bond donors (Lipinski definition) is 2. The predicted octanol–water partition coefficient (Wildman–Crippen LogP) is 4.49. The van der Waals surface area contributed by atoms with E-state index in [4.69, 9.17) is 0 Å². The summed E-state index contributed by atoms with van der Waals surface area (Å²) >= 11 is 0. The third-order valence-electron chi connectivity index (χ3n) is 6.27. The van der Waals surface area contributed by atoms with Crippen LogP contribution in [0, 0.1) is 5.92 Å². The fourth-order valence-electron chi connectivity index (χ4n) is 4.71. The first-order chi connectivity index (χ1) is 16.4. The van der Waals surface area contributed by atoms with E-state index in [9.17, 15) is 18.0 Å². The Balaban J connectivity index is 1.32. The van der Waals surface area contributed by atoms with E-state index < -0.39 is 36.8 Å². The first-order valence-corrected chi connectivity index (χ1v) is 11.2. The molecule has 2 N–H and O–H groups in total. The third kappa shape index (κ3) is 4.75. The summed E-state index contributed by atoms with van der Waals surface area (Å²) in [6.07, 6.45) is 8.19. The molecule has 5 rings (SSSR count). The zero-order chi connectivity index (χ0) is 23.7. The second-order valence-electron chi connectivity index (χ2n) is 8.91. The minimum absolute atomic E-state index is 0.185. The molecule has 0 spiro atoms. The summed E-state index contributed by atoms with van der Waals surface area (Å²) in [5, 5.41) is 10.8. The molecule has 3 heterocycles. The molecule has 1 aliphatic carbocycles. The van der Waals surface area contributed by atoms with Gasteiger partial charge in [0, 0.05) is 60.4 Å². The van der Waals surface area contributed by atoms with Crippen molar-refractivity contribution in [1.82, 2.24) is 25.4 Å². The van der Waals surface area contributed by atoms with Crippen LogP contribution in [0.3, 0.4) is 0 Å². The van der Waals surface area contributed by atoms with Crippen LogP contribution >= 0.6 is 0 Å². The molecule has 2 unspecified atom stereocenters. The lowest BCUT2D eigenvalue weighted by molar-refractivity contribution is -0.0763. The minimum Gasteiger partial charge on any atom is -0.348 e. The number of allylic oxidation sites excluding steroid dienone is 3. The number of hydrogen-bond acceptors (Lipinski definition) is 4. The number of aromatic nitrogens is 3. The highest BCUT2D eigenvalue weighted by molar-refractivity contribution is 6.01. The van der Waals surface area contributed by atoms with Gasteiger partial charge in [-0.05, 0) is 42.8 Å². The van der Waals surface area contributed by atoms with Crippen LogP contribution in [0.2, 0.25) is 0 Å². The Labute approximate surface area is 194 Å². The number of alkyl halides is 2. The Hall–Kier alpha value is -3.46. The van der Waals surface area contributed by atoms with E-state index in [0.717, 1.165) is 16.5 Å². The van der Waals surface area contributed by atoms with Gasteiger partial charge in [-0.1, -0.05) is 12.2 Å². The Kier molecular flexibility index (Phi) is 5.95. The lowest BCUT2D eigenvalue weighted by Crippen LogP contribution is -2.56. The molecule has 1 saturated heterocycles. The summed E-state index contributed by atoms with van der Waals surface area (Å²) in [5.74, 6) is -4.14. The third-order valence-corrected chi connectivity index (χ3v) is 6.27. The van der Waals surface area contributed by atoms with E-state index in [1.165, 1.54) is 6.08 Å². The average Bonchev–Trinajstić information content (AvgIpc) is 3.23. The van der Waals surface area contributed by atoms with Crippen LogP contribution in [-0.2, 0) is 0 Å². The molecule has 0 radical (unpaired) electrons. The Morgan fingerprint density at radius 1 is 1.24 bits per heavy atom. The van der Waals surface area contributed by atoms with Gasteiger partial charge in [0.25, 0.3) is 11.8 Å². The predicted molar refractivity (Wildman–Crippen MR) is 123 cm³/mol. The lowest BCUT2D eigenvalue weighted by atomic mass is 9.95. The Bertz CT molecular complexity index is 1250. The van der Waals surface area contributed by atoms with E-state index in [2.05, 4.69) is 20.5 Å². The summed E-state index contributed by atoms with van der Waals surface area (Å²) in [7, 11) is 0. The molecule has 0 bridgehead atoms. The fourth-order valence-corrected chi connectivity index (χ4v) is 4.71. The van der Waals surface area contributed by atoms with E-state index in [0.29, 0.717) is 17.7 Å². The standard InChI is InChI=1S/C25H24F3N5O/c26-21-4-2-1-3-18(21)13-33-14-19(12-25(27,28)15-33)30-24(34)17-5-6-22-20(11-17)23(32-31-22)16-7-9-29-10-8-16/h1-2,4-11,18-19H,3,12-15H2,(H,30,34)(H,31,32). The van der Waals surface area contributed by atoms with Gasteiger partial charge in [0.1, 0.15) is 11.5 Å². The number of nitrogens with zero attached hydrogens (tertiary/aromatic N) is 3. The molecule has 9 heteroatoms. The number of aromatic amines is 1. The van der Waals surface area contributed by atoms with Crippen LogP contribution < -0.4 is 5.32 Å². The number of amides is 1. The van der Waals surface area contributed by atoms with E-state index in [1.807, 2.05) is 18.2 Å². The zero-order valence-electron chi connectivity index (χ0n) is 18.3. The molecular weight excluding hydrogens is 443 g/mol. The molecule has 2 aliphatic rings. The van der Waals surface area contributed by atoms with Crippen LogP contribution in [0.25, 0.3) is 22.2 Å². The van der Waals surface area contributed by atoms with Crippen molar-refractivity contribution in [3.05, 3.63) is 72.3 Å². The van der Waals surface area contributed by atoms with E-state index in [1.54, 1.807) is 41.6 Å². The smallest absolute Gasteiger partial charge is 0.262 e. The van der Waals surface area contributed by atoms with Gasteiger partial charge >= 0.3 is 0 Å². The largest absolute Gasteiger partial charge is 0.348 e. The number of carbonyl (C=O) groups excluding carboxylic acids is 1. The second kappa shape index (κ2) is 9.06. The maximum atomic E-state index is 14.5. The molecule has 1 aliphatic heterocycles. The van der Waals surface area contributed by atoms with Crippen LogP contribution in [0.1, 0.15) is 23.2 Å². The number of carbonyl (C=O) groups is 1. The van der Waals surface area contributed by atoms with Gasteiger partial charge in [-0.25, -0.2) is 13.2 Å². The molecule has 2 atom stereocenters. The summed E-state index contributed by atoms with van der Waals surface area (Å²) in [6, 6.07) is 7.98. The molecule has 1 fully saturated rings. The van der Waals surface area contributed by atoms with Crippen LogP contribution in [-0.4, -0.2) is 57.6 Å². The van der Waals surface area contributed by atoms with Crippen molar-refractivity contribution in [2.45, 2.75) is 24.8 Å². The number of pyridine rings is 1. The van der Waals surface area contributed by atoms with Gasteiger partial charge in [0.15, 0.2) is 0 Å². The van der Waals surface area contributed by atoms with Gasteiger partial charge in [-0.15, -0.1) is 0 Å². The summed E-state index contributed by atoms with van der Waals surface area (Å²) in [6.45, 7) is -0.0148. The van der Waals surface area contributed by atoms with Crippen molar-refractivity contribution in [3.63, 3.8) is 0 Å². The molecule has 3 aromatic rings. The number of likely N-dealkylation sites (tertiary alicyclic amines) is 1. The van der Waals surface area contributed by atoms with Gasteiger partial charge in [0.2, 0.25) is 0 Å². The molecule has 1 amide bonds. The summed E-state index contributed by atoms with van der Waals surface area (Å²) in [5.41, 5.74) is 2.64. The second-order valence-corrected chi connectivity index (χ2v) is 8.91. The molecule has 0 saturated carbocycles. The number of H-pyrrole nitrogens is 1. The van der Waals surface area contributed by atoms with E-state index in [-0.39, 0.29) is 18.9 Å². The van der Waals surface area contributed by atoms with Gasteiger partial charge < -0.3 is 5.32 Å². The molecule has 176 valence electrons. The normalized spacial score (nSPS) is 22.5. The topological polar surface area (TPSA) is 73.9 Å².